The van der Waals surface area contributed by atoms with Crippen molar-refractivity contribution < 1.29 is 8.42 Å². The fourth-order valence-corrected chi connectivity index (χ4v) is 3.37. The lowest BCUT2D eigenvalue weighted by molar-refractivity contribution is 0.574. The van der Waals surface area contributed by atoms with Gasteiger partial charge in [0.1, 0.15) is 0 Å². The van der Waals surface area contributed by atoms with Gasteiger partial charge in [0.2, 0.25) is 10.0 Å². The lowest BCUT2D eigenvalue weighted by atomic mass is 9.87. The second kappa shape index (κ2) is 6.18. The lowest BCUT2D eigenvalue weighted by Gasteiger charge is -2.21. The van der Waals surface area contributed by atoms with Crippen molar-refractivity contribution in [2.75, 3.05) is 0 Å². The summed E-state index contributed by atoms with van der Waals surface area (Å²) in [7, 11) is -3.56. The van der Waals surface area contributed by atoms with Crippen LogP contribution in [0.5, 0.6) is 0 Å². The molecule has 0 unspecified atom stereocenters. The molecule has 1 aromatic heterocycles. The van der Waals surface area contributed by atoms with Gasteiger partial charge < -0.3 is 0 Å². The first-order valence-corrected chi connectivity index (χ1v) is 8.69. The molecule has 0 atom stereocenters. The Bertz CT molecular complexity index is 748. The van der Waals surface area contributed by atoms with E-state index in [2.05, 4.69) is 30.5 Å². The highest BCUT2D eigenvalue weighted by molar-refractivity contribution is 7.89. The number of hydrogen-bond acceptors (Lipinski definition) is 3. The number of rotatable bonds is 4. The van der Waals surface area contributed by atoms with Gasteiger partial charge in [-0.25, -0.2) is 13.1 Å². The molecule has 0 aliphatic rings. The van der Waals surface area contributed by atoms with E-state index >= 15 is 0 Å². The molecule has 0 saturated heterocycles. The van der Waals surface area contributed by atoms with Gasteiger partial charge in [0.05, 0.1) is 17.1 Å². The summed E-state index contributed by atoms with van der Waals surface area (Å²) in [5.74, 6) is 0. The van der Waals surface area contributed by atoms with Crippen molar-refractivity contribution in [3.8, 4) is 0 Å². The molecule has 0 spiro atoms. The van der Waals surface area contributed by atoms with E-state index in [0.29, 0.717) is 10.6 Å². The van der Waals surface area contributed by atoms with E-state index < -0.39 is 10.0 Å². The van der Waals surface area contributed by atoms with Crippen molar-refractivity contribution >= 4 is 10.0 Å². The van der Waals surface area contributed by atoms with Crippen LogP contribution in [-0.2, 0) is 22.0 Å². The molecule has 0 saturated carbocycles. The Morgan fingerprint density at radius 3 is 2.45 bits per heavy atom. The summed E-state index contributed by atoms with van der Waals surface area (Å²) in [5, 5.41) is 0. The molecule has 0 amide bonds. The van der Waals surface area contributed by atoms with Crippen LogP contribution in [0.1, 0.15) is 37.6 Å². The average Bonchev–Trinajstić information content (AvgIpc) is 2.45. The van der Waals surface area contributed by atoms with Crippen LogP contribution in [0.3, 0.4) is 0 Å². The highest BCUT2D eigenvalue weighted by Crippen LogP contribution is 2.26. The molecule has 1 N–H and O–H groups in total. The van der Waals surface area contributed by atoms with Crippen LogP contribution >= 0.6 is 0 Å². The van der Waals surface area contributed by atoms with E-state index in [-0.39, 0.29) is 12.0 Å². The Hall–Kier alpha value is -1.72. The van der Waals surface area contributed by atoms with Crippen LogP contribution < -0.4 is 4.72 Å². The van der Waals surface area contributed by atoms with E-state index in [9.17, 15) is 8.42 Å². The first-order chi connectivity index (χ1) is 10.2. The maximum Gasteiger partial charge on any atom is 0.241 e. The number of nitrogens with one attached hydrogen (secondary N) is 1. The zero-order valence-electron chi connectivity index (χ0n) is 13.4. The Morgan fingerprint density at radius 1 is 1.14 bits per heavy atom. The van der Waals surface area contributed by atoms with Gasteiger partial charge >= 0.3 is 0 Å². The number of sulfonamides is 1. The van der Waals surface area contributed by atoms with Crippen LogP contribution in [0, 0.1) is 6.92 Å². The van der Waals surface area contributed by atoms with Crippen molar-refractivity contribution in [3.05, 3.63) is 59.4 Å². The third-order valence-electron chi connectivity index (χ3n) is 3.51. The molecule has 22 heavy (non-hydrogen) atoms. The number of hydrogen-bond donors (Lipinski definition) is 1. The molecule has 4 nitrogen and oxygen atoms in total. The number of pyridine rings is 1. The van der Waals surface area contributed by atoms with E-state index in [1.807, 2.05) is 25.1 Å². The Kier molecular flexibility index (Phi) is 4.68. The molecule has 1 heterocycles. The molecule has 5 heteroatoms. The Morgan fingerprint density at radius 2 is 1.86 bits per heavy atom. The molecule has 1 aromatic carbocycles. The van der Waals surface area contributed by atoms with Crippen molar-refractivity contribution in [2.24, 2.45) is 0 Å². The minimum absolute atomic E-state index is 0.0983. The summed E-state index contributed by atoms with van der Waals surface area (Å²) < 4.78 is 27.8. The number of benzene rings is 1. The minimum atomic E-state index is -3.56. The molecule has 0 fully saturated rings. The highest BCUT2D eigenvalue weighted by atomic mass is 32.2. The van der Waals surface area contributed by atoms with Crippen LogP contribution in [0.15, 0.2) is 47.5 Å². The zero-order chi connectivity index (χ0) is 16.4. The highest BCUT2D eigenvalue weighted by Gasteiger charge is 2.21. The molecule has 2 aromatic rings. The number of nitrogens with zero attached hydrogens (tertiary/aromatic N) is 1. The third-order valence-corrected chi connectivity index (χ3v) is 5.06. The van der Waals surface area contributed by atoms with Gasteiger partial charge in [-0.1, -0.05) is 39.0 Å². The summed E-state index contributed by atoms with van der Waals surface area (Å²) in [4.78, 5) is 4.46. The SMILES string of the molecule is Cc1ccc(C(C)(C)C)cc1S(=O)(=O)NCc1ccccn1. The summed E-state index contributed by atoms with van der Waals surface area (Å²) in [5.41, 5.74) is 2.33. The standard InChI is InChI=1S/C17H22N2O2S/c1-13-8-9-14(17(2,3)4)11-16(13)22(20,21)19-12-15-7-5-6-10-18-15/h5-11,19H,12H2,1-4H3. The minimum Gasteiger partial charge on any atom is -0.260 e. The maximum absolute atomic E-state index is 12.6. The molecular weight excluding hydrogens is 296 g/mol. The fourth-order valence-electron chi connectivity index (χ4n) is 2.11. The molecule has 0 aliphatic carbocycles. The predicted molar refractivity (Wildman–Crippen MR) is 88.1 cm³/mol. The topological polar surface area (TPSA) is 59.1 Å². The second-order valence-corrected chi connectivity index (χ2v) is 8.11. The predicted octanol–water partition coefficient (Wildman–Crippen LogP) is 3.17. The lowest BCUT2D eigenvalue weighted by Crippen LogP contribution is -2.25. The molecule has 118 valence electrons. The largest absolute Gasteiger partial charge is 0.260 e. The van der Waals surface area contributed by atoms with Gasteiger partial charge in [-0.15, -0.1) is 0 Å². The average molecular weight is 318 g/mol. The van der Waals surface area contributed by atoms with Crippen molar-refractivity contribution in [1.82, 2.24) is 9.71 Å². The summed E-state index contributed by atoms with van der Waals surface area (Å²) >= 11 is 0. The Balaban J connectivity index is 2.29. The normalized spacial score (nSPS) is 12.4. The van der Waals surface area contributed by atoms with Crippen molar-refractivity contribution in [2.45, 2.75) is 44.6 Å². The van der Waals surface area contributed by atoms with E-state index in [1.54, 1.807) is 24.4 Å². The fraction of sp³-hybridized carbons (Fsp3) is 0.353. The third kappa shape index (κ3) is 3.93. The molecule has 0 aliphatic heterocycles. The zero-order valence-corrected chi connectivity index (χ0v) is 14.2. The first-order valence-electron chi connectivity index (χ1n) is 7.21. The van der Waals surface area contributed by atoms with Crippen LogP contribution in [-0.4, -0.2) is 13.4 Å². The van der Waals surface area contributed by atoms with E-state index in [4.69, 9.17) is 0 Å². The van der Waals surface area contributed by atoms with Crippen molar-refractivity contribution in [1.29, 1.82) is 0 Å². The smallest absolute Gasteiger partial charge is 0.241 e. The van der Waals surface area contributed by atoms with E-state index in [1.165, 1.54) is 0 Å². The molecule has 0 bridgehead atoms. The quantitative estimate of drug-likeness (QED) is 0.942. The second-order valence-electron chi connectivity index (χ2n) is 6.38. The van der Waals surface area contributed by atoms with Crippen LogP contribution in [0.2, 0.25) is 0 Å². The van der Waals surface area contributed by atoms with Gasteiger partial charge in [-0.2, -0.15) is 0 Å². The summed E-state index contributed by atoms with van der Waals surface area (Å²) in [6.45, 7) is 8.18. The van der Waals surface area contributed by atoms with Crippen molar-refractivity contribution in [3.63, 3.8) is 0 Å². The molecule has 0 radical (unpaired) electrons. The monoisotopic (exact) mass is 318 g/mol. The van der Waals surface area contributed by atoms with Gasteiger partial charge in [0.15, 0.2) is 0 Å². The maximum atomic E-state index is 12.6. The van der Waals surface area contributed by atoms with Crippen LogP contribution in [0.25, 0.3) is 0 Å². The van der Waals surface area contributed by atoms with Crippen LogP contribution in [0.4, 0.5) is 0 Å². The number of aryl methyl sites for hydroxylation is 1. The summed E-state index contributed by atoms with van der Waals surface area (Å²) in [6.07, 6.45) is 1.65. The first kappa shape index (κ1) is 16.6. The van der Waals surface area contributed by atoms with Gasteiger partial charge in [0, 0.05) is 6.20 Å². The molecule has 2 rings (SSSR count). The van der Waals surface area contributed by atoms with Gasteiger partial charge in [-0.05, 0) is 41.7 Å². The van der Waals surface area contributed by atoms with Gasteiger partial charge in [-0.3, -0.25) is 4.98 Å². The molecular formula is C17H22N2O2S. The van der Waals surface area contributed by atoms with Gasteiger partial charge in [0.25, 0.3) is 0 Å². The summed E-state index contributed by atoms with van der Waals surface area (Å²) in [6, 6.07) is 11.0. The Labute approximate surface area is 132 Å². The number of aromatic nitrogens is 1. The van der Waals surface area contributed by atoms with E-state index in [0.717, 1.165) is 11.1 Å².